The summed E-state index contributed by atoms with van der Waals surface area (Å²) < 4.78 is 18.7. The molecule has 5 atom stereocenters. The summed E-state index contributed by atoms with van der Waals surface area (Å²) in [4.78, 5) is 13.7. The van der Waals surface area contributed by atoms with E-state index in [4.69, 9.17) is 14.2 Å². The summed E-state index contributed by atoms with van der Waals surface area (Å²) in [6.07, 6.45) is 20.2. The van der Waals surface area contributed by atoms with E-state index in [1.165, 1.54) is 16.5 Å². The number of unbranched alkanes of at least 4 members (excludes halogenated alkanes) is 1. The van der Waals surface area contributed by atoms with Crippen LogP contribution in [0, 0.1) is 23.9 Å². The Bertz CT molecular complexity index is 2340. The monoisotopic (exact) mass is 777 g/mol. The highest BCUT2D eigenvalue weighted by Crippen LogP contribution is 2.49. The topological polar surface area (TPSA) is 97.3 Å². The van der Waals surface area contributed by atoms with Crippen molar-refractivity contribution in [3.8, 4) is 29.3 Å². The summed E-state index contributed by atoms with van der Waals surface area (Å²) in [5.41, 5.74) is 8.84. The van der Waals surface area contributed by atoms with Crippen LogP contribution >= 0.6 is 0 Å². The lowest BCUT2D eigenvalue weighted by molar-refractivity contribution is -0.121. The highest BCUT2D eigenvalue weighted by molar-refractivity contribution is 6.03. The molecule has 2 aliphatic heterocycles. The lowest BCUT2D eigenvalue weighted by Crippen LogP contribution is -2.24. The third-order valence-corrected chi connectivity index (χ3v) is 12.5. The molecule has 0 radical (unpaired) electrons. The molecule has 0 amide bonds. The van der Waals surface area contributed by atoms with Gasteiger partial charge in [-0.25, -0.2) is 0 Å². The smallest absolute Gasteiger partial charge is 0.161 e. The molecule has 4 aromatic rings. The average Bonchev–Trinajstić information content (AvgIpc) is 3.22. The fraction of sp³-hybridized carbons (Fsp3) is 0.392. The van der Waals surface area contributed by atoms with Crippen molar-refractivity contribution in [1.29, 1.82) is 0 Å². The van der Waals surface area contributed by atoms with E-state index in [1.54, 1.807) is 13.2 Å². The van der Waals surface area contributed by atoms with E-state index >= 15 is 0 Å². The first-order valence-electron chi connectivity index (χ1n) is 21.2. The molecule has 9 rings (SSSR count). The number of carbonyl (C=O) groups excluding carboxylic acids is 1. The first-order chi connectivity index (χ1) is 28.3. The number of aryl methyl sites for hydroxylation is 3. The van der Waals surface area contributed by atoms with Gasteiger partial charge in [0.1, 0.15) is 36.1 Å². The van der Waals surface area contributed by atoms with E-state index in [2.05, 4.69) is 79.8 Å². The lowest BCUT2D eigenvalue weighted by Gasteiger charge is -2.30. The molecule has 0 spiro atoms. The number of carbonyl (C=O) groups is 1. The van der Waals surface area contributed by atoms with Crippen LogP contribution in [0.2, 0.25) is 0 Å². The molecule has 7 nitrogen and oxygen atoms in total. The van der Waals surface area contributed by atoms with Gasteiger partial charge >= 0.3 is 0 Å². The average molecular weight is 778 g/mol. The lowest BCUT2D eigenvalue weighted by atomic mass is 9.74. The number of hydrogen-bond acceptors (Lipinski definition) is 7. The molecular formula is C51H55NO6. The van der Waals surface area contributed by atoms with Gasteiger partial charge in [0, 0.05) is 36.6 Å². The van der Waals surface area contributed by atoms with E-state index < -0.39 is 6.10 Å². The van der Waals surface area contributed by atoms with Crippen LogP contribution in [-0.4, -0.2) is 35.8 Å². The number of methoxy groups -OCH3 is 1. The first kappa shape index (κ1) is 39.2. The zero-order chi connectivity index (χ0) is 40.2. The van der Waals surface area contributed by atoms with Crippen molar-refractivity contribution >= 4 is 28.3 Å². The van der Waals surface area contributed by atoms with Gasteiger partial charge in [-0.3, -0.25) is 4.79 Å². The zero-order valence-corrected chi connectivity index (χ0v) is 34.0. The van der Waals surface area contributed by atoms with Crippen molar-refractivity contribution in [3.63, 3.8) is 0 Å². The number of Topliss-reactive ketones (excluding diaryl/α,β-unsaturated/α-hetero) is 1. The Kier molecular flexibility index (Phi) is 11.8. The number of allylic oxidation sites excluding steroid dienone is 4. The molecule has 8 bridgehead atoms. The molecule has 0 saturated carbocycles. The molecule has 4 aromatic carbocycles. The number of ketones is 1. The number of aliphatic hydroxyl groups is 1. The van der Waals surface area contributed by atoms with Crippen LogP contribution in [0.3, 0.4) is 0 Å². The molecule has 0 fully saturated rings. The Morgan fingerprint density at radius 2 is 1.84 bits per heavy atom. The fourth-order valence-electron chi connectivity index (χ4n) is 9.52. The van der Waals surface area contributed by atoms with E-state index in [-0.39, 0.29) is 47.4 Å². The summed E-state index contributed by atoms with van der Waals surface area (Å²) >= 11 is 0. The van der Waals surface area contributed by atoms with Crippen molar-refractivity contribution in [3.05, 3.63) is 124 Å². The molecule has 300 valence electrons. The molecule has 3 N–H and O–H groups in total. The van der Waals surface area contributed by atoms with E-state index in [0.717, 1.165) is 84.0 Å². The second-order valence-corrected chi connectivity index (χ2v) is 16.5. The Labute approximate surface area is 342 Å². The maximum absolute atomic E-state index is 13.7. The minimum absolute atomic E-state index is 0.00411. The second kappa shape index (κ2) is 17.5. The van der Waals surface area contributed by atoms with Gasteiger partial charge in [-0.2, -0.15) is 0 Å². The third kappa shape index (κ3) is 8.48. The fourth-order valence-corrected chi connectivity index (χ4v) is 9.52. The largest absolute Gasteiger partial charge is 0.508 e. The van der Waals surface area contributed by atoms with Crippen LogP contribution in [0.15, 0.2) is 84.7 Å². The van der Waals surface area contributed by atoms with Gasteiger partial charge in [0.2, 0.25) is 0 Å². The molecule has 0 unspecified atom stereocenters. The number of aromatic hydroxyl groups is 1. The highest BCUT2D eigenvalue weighted by atomic mass is 16.5. The maximum Gasteiger partial charge on any atom is 0.161 e. The van der Waals surface area contributed by atoms with E-state index in [9.17, 15) is 15.0 Å². The van der Waals surface area contributed by atoms with E-state index in [0.29, 0.717) is 37.4 Å². The van der Waals surface area contributed by atoms with Crippen molar-refractivity contribution < 1.29 is 29.2 Å². The number of hydrogen-bond donors (Lipinski definition) is 3. The minimum Gasteiger partial charge on any atom is -0.508 e. The minimum atomic E-state index is -0.466. The van der Waals surface area contributed by atoms with Gasteiger partial charge in [-0.15, -0.1) is 0 Å². The molecule has 3 aliphatic carbocycles. The van der Waals surface area contributed by atoms with Crippen LogP contribution in [0.1, 0.15) is 110 Å². The molecule has 7 heteroatoms. The van der Waals surface area contributed by atoms with Crippen LogP contribution in [-0.2, 0) is 35.4 Å². The van der Waals surface area contributed by atoms with Gasteiger partial charge in [0.25, 0.3) is 0 Å². The number of anilines is 1. The maximum atomic E-state index is 13.7. The summed E-state index contributed by atoms with van der Waals surface area (Å²) in [6, 6.07) is 18.7. The summed E-state index contributed by atoms with van der Waals surface area (Å²) in [5, 5.41) is 27.9. The standard InChI is InChI=1S/C51H55NO6/c1-4-52-40-11-7-9-33(24-40)8-5-6-10-35-17-19-41(53)27-38(35)28-43-29-42(54)18-13-34-14-21-47(56-3)48(25-34)58-31-39-26-37-16-15-36(22-23-57-43)49-46(55)30-45-32(2)12-20-44(39)51(45)50(37)49/h7,9,11-12,14,17,19-21,24-27,30,32,35-36,38,43,52-53,55H,4-6,8,10,13,15-16,18,28-29,31H2,1-3H3/t32-,35-,36-,38+,43-/m0/s1. The quantitative estimate of drug-likeness (QED) is 0.109. The van der Waals surface area contributed by atoms with Crippen LogP contribution in [0.4, 0.5) is 5.69 Å². The summed E-state index contributed by atoms with van der Waals surface area (Å²) in [5.74, 6) is 5.43. The van der Waals surface area contributed by atoms with Crippen LogP contribution < -0.4 is 14.8 Å². The van der Waals surface area contributed by atoms with Crippen molar-refractivity contribution in [2.24, 2.45) is 11.8 Å². The number of benzene rings is 4. The van der Waals surface area contributed by atoms with Crippen molar-refractivity contribution in [2.45, 2.75) is 103 Å². The number of ether oxygens (including phenoxy) is 3. The number of phenolic OH excluding ortho intramolecular Hbond substituents is 1. The van der Waals surface area contributed by atoms with Crippen molar-refractivity contribution in [2.75, 3.05) is 19.0 Å². The van der Waals surface area contributed by atoms with Gasteiger partial charge in [-0.05, 0) is 150 Å². The van der Waals surface area contributed by atoms with Gasteiger partial charge in [-0.1, -0.05) is 61.8 Å². The normalized spacial score (nSPS) is 22.3. The van der Waals surface area contributed by atoms with Crippen molar-refractivity contribution in [1.82, 2.24) is 0 Å². The second-order valence-electron chi connectivity index (χ2n) is 16.5. The van der Waals surface area contributed by atoms with Gasteiger partial charge in [0.15, 0.2) is 11.5 Å². The van der Waals surface area contributed by atoms with Gasteiger partial charge < -0.3 is 29.7 Å². The Morgan fingerprint density at radius 3 is 2.71 bits per heavy atom. The molecule has 2 heterocycles. The number of aliphatic hydroxyl groups excluding tert-OH is 1. The SMILES string of the molecule is CCNc1cccc(CCCC[C@H]2C=CC(O)=C[C@@H]2C[C@H]2CC(=O)CCc3ccc(OC)c(c3)OCc3cc4c5c(c(O)cc6c5c3C=C[C@@H]6C)[C@H](C#CO2)CC4)c1. The van der Waals surface area contributed by atoms with Gasteiger partial charge in [0.05, 0.1) is 13.0 Å². The van der Waals surface area contributed by atoms with Crippen LogP contribution in [0.25, 0.3) is 16.8 Å². The molecule has 0 saturated heterocycles. The first-order valence-corrected chi connectivity index (χ1v) is 21.2. The molecule has 0 aromatic heterocycles. The highest BCUT2D eigenvalue weighted by Gasteiger charge is 2.31. The predicted octanol–water partition coefficient (Wildman–Crippen LogP) is 11.0. The predicted molar refractivity (Wildman–Crippen MR) is 232 cm³/mol. The zero-order valence-electron chi connectivity index (χ0n) is 34.0. The van der Waals surface area contributed by atoms with Crippen LogP contribution in [0.5, 0.6) is 17.2 Å². The molecule has 58 heavy (non-hydrogen) atoms. The molecule has 5 aliphatic rings. The number of fused-ring (bicyclic) bond motifs is 7. The Balaban J connectivity index is 1.08. The Hall–Kier alpha value is -5.61. The summed E-state index contributed by atoms with van der Waals surface area (Å²) in [7, 11) is 1.65. The number of rotatable bonds is 10. The van der Waals surface area contributed by atoms with E-state index in [1.807, 2.05) is 30.3 Å². The molecular weight excluding hydrogens is 723 g/mol. The number of nitrogens with one attached hydrogen (secondary N) is 1. The third-order valence-electron chi connectivity index (χ3n) is 12.5. The number of phenols is 1. The Morgan fingerprint density at radius 1 is 0.948 bits per heavy atom. The summed E-state index contributed by atoms with van der Waals surface area (Å²) in [6.45, 7) is 5.53.